The van der Waals surface area contributed by atoms with Crippen molar-refractivity contribution in [3.63, 3.8) is 0 Å². The Morgan fingerprint density at radius 3 is 2.68 bits per heavy atom. The summed E-state index contributed by atoms with van der Waals surface area (Å²) in [5.41, 5.74) is 0. The van der Waals surface area contributed by atoms with E-state index >= 15 is 0 Å². The Bertz CT molecular complexity index is 398. The van der Waals surface area contributed by atoms with Gasteiger partial charge in [-0.25, -0.2) is 4.79 Å². The number of carbonyl (C=O) groups excluding carboxylic acids is 2. The molecule has 7 heteroatoms. The average molecular weight is 270 g/mol. The molecule has 2 saturated heterocycles. The van der Waals surface area contributed by atoms with Crippen molar-refractivity contribution in [1.29, 1.82) is 0 Å². The van der Waals surface area contributed by atoms with Crippen LogP contribution in [0.3, 0.4) is 0 Å². The minimum absolute atomic E-state index is 0.158. The molecule has 0 aromatic rings. The molecule has 2 heterocycles. The van der Waals surface area contributed by atoms with Crippen LogP contribution >= 0.6 is 0 Å². The maximum atomic E-state index is 12.3. The van der Waals surface area contributed by atoms with E-state index in [0.29, 0.717) is 32.4 Å². The highest BCUT2D eigenvalue weighted by molar-refractivity contribution is 5.90. The van der Waals surface area contributed by atoms with Crippen molar-refractivity contribution in [3.8, 4) is 0 Å². The second-order valence-electron chi connectivity index (χ2n) is 4.78. The van der Waals surface area contributed by atoms with E-state index in [4.69, 9.17) is 9.84 Å². The first kappa shape index (κ1) is 13.8. The minimum Gasteiger partial charge on any atom is -0.479 e. The molecular formula is C12H18N2O5. The van der Waals surface area contributed by atoms with Crippen LogP contribution in [0.2, 0.25) is 0 Å². The molecule has 2 fully saturated rings. The molecular weight excluding hydrogens is 252 g/mol. The summed E-state index contributed by atoms with van der Waals surface area (Å²) in [6.45, 7) is 2.71. The van der Waals surface area contributed by atoms with E-state index in [1.54, 1.807) is 0 Å². The number of amides is 2. The number of carboxylic acids is 1. The number of aliphatic carboxylic acids is 1. The molecule has 2 aliphatic rings. The third kappa shape index (κ3) is 2.70. The van der Waals surface area contributed by atoms with Crippen LogP contribution < -0.4 is 5.32 Å². The summed E-state index contributed by atoms with van der Waals surface area (Å²) in [5.74, 6) is -1.47. The summed E-state index contributed by atoms with van der Waals surface area (Å²) in [6.07, 6.45) is -0.381. The highest BCUT2D eigenvalue weighted by Crippen LogP contribution is 2.23. The molecule has 1 unspecified atom stereocenters. The molecule has 2 amide bonds. The lowest BCUT2D eigenvalue weighted by molar-refractivity contribution is -0.158. The SMILES string of the molecule is CCC1C(=O)NCCN1C(=O)[C@@H]1CC[C@H](C(=O)O)O1. The molecule has 7 nitrogen and oxygen atoms in total. The van der Waals surface area contributed by atoms with E-state index in [-0.39, 0.29) is 11.8 Å². The number of hydrogen-bond acceptors (Lipinski definition) is 4. The van der Waals surface area contributed by atoms with Crippen LogP contribution in [-0.4, -0.2) is 59.1 Å². The molecule has 0 aromatic heterocycles. The lowest BCUT2D eigenvalue weighted by Crippen LogP contribution is -2.58. The van der Waals surface area contributed by atoms with Gasteiger partial charge in [-0.1, -0.05) is 6.92 Å². The number of ether oxygens (including phenoxy) is 1. The monoisotopic (exact) mass is 270 g/mol. The van der Waals surface area contributed by atoms with Crippen LogP contribution in [0.1, 0.15) is 26.2 Å². The zero-order chi connectivity index (χ0) is 14.0. The Balaban J connectivity index is 2.03. The van der Waals surface area contributed by atoms with Gasteiger partial charge < -0.3 is 20.1 Å². The number of nitrogens with zero attached hydrogens (tertiary/aromatic N) is 1. The van der Waals surface area contributed by atoms with Gasteiger partial charge in [-0.15, -0.1) is 0 Å². The van der Waals surface area contributed by atoms with Crippen molar-refractivity contribution in [2.24, 2.45) is 0 Å². The average Bonchev–Trinajstić information content (AvgIpc) is 2.87. The van der Waals surface area contributed by atoms with Gasteiger partial charge in [0.05, 0.1) is 0 Å². The molecule has 0 radical (unpaired) electrons. The number of carbonyl (C=O) groups is 3. The zero-order valence-corrected chi connectivity index (χ0v) is 10.8. The van der Waals surface area contributed by atoms with Crippen molar-refractivity contribution in [2.75, 3.05) is 13.1 Å². The number of carboxylic acid groups (broad SMARTS) is 1. The van der Waals surface area contributed by atoms with Crippen molar-refractivity contribution < 1.29 is 24.2 Å². The van der Waals surface area contributed by atoms with Gasteiger partial charge in [0.2, 0.25) is 5.91 Å². The first-order valence-corrected chi connectivity index (χ1v) is 6.51. The molecule has 19 heavy (non-hydrogen) atoms. The fourth-order valence-corrected chi connectivity index (χ4v) is 2.57. The molecule has 0 aromatic carbocycles. The predicted molar refractivity (Wildman–Crippen MR) is 64.3 cm³/mol. The first-order valence-electron chi connectivity index (χ1n) is 6.51. The third-order valence-corrected chi connectivity index (χ3v) is 3.57. The summed E-state index contributed by atoms with van der Waals surface area (Å²) < 4.78 is 5.24. The van der Waals surface area contributed by atoms with E-state index in [1.165, 1.54) is 4.90 Å². The van der Waals surface area contributed by atoms with Gasteiger partial charge in [0, 0.05) is 13.1 Å². The quantitative estimate of drug-likeness (QED) is 0.711. The Labute approximate surface area is 110 Å². The van der Waals surface area contributed by atoms with Gasteiger partial charge in [-0.3, -0.25) is 9.59 Å². The van der Waals surface area contributed by atoms with Crippen LogP contribution in [-0.2, 0) is 19.1 Å². The third-order valence-electron chi connectivity index (χ3n) is 3.57. The number of nitrogens with one attached hydrogen (secondary N) is 1. The molecule has 0 bridgehead atoms. The van der Waals surface area contributed by atoms with Gasteiger partial charge in [0.15, 0.2) is 6.10 Å². The Hall–Kier alpha value is -1.63. The highest BCUT2D eigenvalue weighted by atomic mass is 16.5. The van der Waals surface area contributed by atoms with E-state index in [0.717, 1.165) is 0 Å². The maximum Gasteiger partial charge on any atom is 0.332 e. The van der Waals surface area contributed by atoms with Gasteiger partial charge in [0.1, 0.15) is 12.1 Å². The molecule has 0 aliphatic carbocycles. The van der Waals surface area contributed by atoms with Crippen LogP contribution in [0.25, 0.3) is 0 Å². The lowest BCUT2D eigenvalue weighted by atomic mass is 10.1. The summed E-state index contributed by atoms with van der Waals surface area (Å²) >= 11 is 0. The second-order valence-corrected chi connectivity index (χ2v) is 4.78. The topological polar surface area (TPSA) is 95.9 Å². The van der Waals surface area contributed by atoms with Crippen molar-refractivity contribution in [2.45, 2.75) is 44.4 Å². The van der Waals surface area contributed by atoms with Gasteiger partial charge in [0.25, 0.3) is 5.91 Å². The lowest BCUT2D eigenvalue weighted by Gasteiger charge is -2.35. The zero-order valence-electron chi connectivity index (χ0n) is 10.8. The Kier molecular flexibility index (Phi) is 4.04. The largest absolute Gasteiger partial charge is 0.479 e. The molecule has 2 rings (SSSR count). The van der Waals surface area contributed by atoms with Crippen molar-refractivity contribution in [1.82, 2.24) is 10.2 Å². The van der Waals surface area contributed by atoms with Crippen LogP contribution in [0, 0.1) is 0 Å². The summed E-state index contributed by atoms with van der Waals surface area (Å²) in [4.78, 5) is 36.3. The van der Waals surface area contributed by atoms with Crippen LogP contribution in [0.5, 0.6) is 0 Å². The van der Waals surface area contributed by atoms with E-state index in [2.05, 4.69) is 5.32 Å². The van der Waals surface area contributed by atoms with Gasteiger partial charge >= 0.3 is 5.97 Å². The normalized spacial score (nSPS) is 31.1. The van der Waals surface area contributed by atoms with Crippen molar-refractivity contribution in [3.05, 3.63) is 0 Å². The number of piperazine rings is 1. The molecule has 2 aliphatic heterocycles. The van der Waals surface area contributed by atoms with E-state index < -0.39 is 24.2 Å². The summed E-state index contributed by atoms with van der Waals surface area (Å²) in [5, 5.41) is 11.6. The highest BCUT2D eigenvalue weighted by Gasteiger charge is 2.40. The van der Waals surface area contributed by atoms with Gasteiger partial charge in [-0.2, -0.15) is 0 Å². The standard InChI is InChI=1S/C12H18N2O5/c1-2-7-10(15)13-5-6-14(7)11(16)8-3-4-9(19-8)12(17)18/h7-9H,2-6H2,1H3,(H,13,15)(H,17,18)/t7?,8-,9+/m0/s1. The molecule has 3 atom stereocenters. The van der Waals surface area contributed by atoms with Gasteiger partial charge in [-0.05, 0) is 19.3 Å². The molecule has 0 spiro atoms. The fraction of sp³-hybridized carbons (Fsp3) is 0.750. The Morgan fingerprint density at radius 1 is 1.42 bits per heavy atom. The molecule has 106 valence electrons. The number of hydrogen-bond donors (Lipinski definition) is 2. The summed E-state index contributed by atoms with van der Waals surface area (Å²) in [6, 6.07) is -0.478. The van der Waals surface area contributed by atoms with E-state index in [1.807, 2.05) is 6.92 Å². The molecule has 2 N–H and O–H groups in total. The van der Waals surface area contributed by atoms with Crippen LogP contribution in [0.15, 0.2) is 0 Å². The first-order chi connectivity index (χ1) is 9.04. The molecule has 0 saturated carbocycles. The predicted octanol–water partition coefficient (Wildman–Crippen LogP) is -0.644. The smallest absolute Gasteiger partial charge is 0.332 e. The number of rotatable bonds is 3. The van der Waals surface area contributed by atoms with E-state index in [9.17, 15) is 14.4 Å². The van der Waals surface area contributed by atoms with Crippen molar-refractivity contribution >= 4 is 17.8 Å². The minimum atomic E-state index is -1.04. The fourth-order valence-electron chi connectivity index (χ4n) is 2.57. The maximum absolute atomic E-state index is 12.3. The second kappa shape index (κ2) is 5.56. The Morgan fingerprint density at radius 2 is 2.11 bits per heavy atom. The summed E-state index contributed by atoms with van der Waals surface area (Å²) in [7, 11) is 0. The van der Waals surface area contributed by atoms with Crippen LogP contribution in [0.4, 0.5) is 0 Å².